The van der Waals surface area contributed by atoms with Crippen LogP contribution >= 0.6 is 34.9 Å². The normalized spacial score (nSPS) is 13.4. The molecule has 6 heteroatoms. The highest BCUT2D eigenvalue weighted by Gasteiger charge is 2.14. The molecule has 0 aliphatic carbocycles. The van der Waals surface area contributed by atoms with Gasteiger partial charge in [0.2, 0.25) is 0 Å². The molecule has 1 aromatic carbocycles. The van der Waals surface area contributed by atoms with Crippen LogP contribution in [0, 0.1) is 0 Å². The van der Waals surface area contributed by atoms with Gasteiger partial charge in [0.25, 0.3) is 0 Å². The molecule has 114 valence electrons. The van der Waals surface area contributed by atoms with E-state index in [4.69, 9.17) is 5.73 Å². The molecule has 3 nitrogen and oxygen atoms in total. The number of hydrogen-bond donors (Lipinski definition) is 1. The summed E-state index contributed by atoms with van der Waals surface area (Å²) in [6.45, 7) is 6.66. The van der Waals surface area contributed by atoms with Crippen molar-refractivity contribution in [1.82, 2.24) is 10.2 Å². The lowest BCUT2D eigenvalue weighted by molar-refractivity contribution is 0.589. The number of thioether (sulfide) groups is 2. The van der Waals surface area contributed by atoms with Crippen LogP contribution in [-0.2, 0) is 5.41 Å². The standard InChI is InChI=1S/C15H21N3S3/c1-15(2,3)11-7-5-10(6-8-11)12(16)9-20-14-18-17-13(19-4)21-14/h5-8,12H,9,16H2,1-4H3. The van der Waals surface area contributed by atoms with E-state index in [2.05, 4.69) is 55.2 Å². The zero-order valence-electron chi connectivity index (χ0n) is 12.8. The summed E-state index contributed by atoms with van der Waals surface area (Å²) in [6.07, 6.45) is 2.01. The van der Waals surface area contributed by atoms with E-state index < -0.39 is 0 Å². The molecule has 2 aromatic rings. The molecule has 1 heterocycles. The Hall–Kier alpha value is -0.560. The predicted octanol–water partition coefficient (Wildman–Crippen LogP) is 4.35. The largest absolute Gasteiger partial charge is 0.323 e. The van der Waals surface area contributed by atoms with Crippen LogP contribution < -0.4 is 5.73 Å². The molecule has 1 unspecified atom stereocenters. The number of rotatable bonds is 5. The van der Waals surface area contributed by atoms with Crippen molar-refractivity contribution in [2.75, 3.05) is 12.0 Å². The van der Waals surface area contributed by atoms with Gasteiger partial charge in [-0.1, -0.05) is 79.9 Å². The topological polar surface area (TPSA) is 51.8 Å². The molecular weight excluding hydrogens is 318 g/mol. The van der Waals surface area contributed by atoms with E-state index in [1.807, 2.05) is 6.26 Å². The van der Waals surface area contributed by atoms with E-state index in [1.54, 1.807) is 34.9 Å². The summed E-state index contributed by atoms with van der Waals surface area (Å²) in [4.78, 5) is 0. The Morgan fingerprint density at radius 2 is 1.76 bits per heavy atom. The average molecular weight is 340 g/mol. The number of aromatic nitrogens is 2. The van der Waals surface area contributed by atoms with E-state index >= 15 is 0 Å². The third-order valence-electron chi connectivity index (χ3n) is 3.15. The van der Waals surface area contributed by atoms with Crippen molar-refractivity contribution in [3.8, 4) is 0 Å². The molecule has 2 N–H and O–H groups in total. The highest BCUT2D eigenvalue weighted by atomic mass is 32.2. The quantitative estimate of drug-likeness (QED) is 0.821. The Morgan fingerprint density at radius 3 is 2.29 bits per heavy atom. The zero-order chi connectivity index (χ0) is 15.5. The maximum Gasteiger partial charge on any atom is 0.175 e. The highest BCUT2D eigenvalue weighted by Crippen LogP contribution is 2.30. The molecule has 2 rings (SSSR count). The number of nitrogens with two attached hydrogens (primary N) is 1. The van der Waals surface area contributed by atoms with Crippen LogP contribution in [0.5, 0.6) is 0 Å². The van der Waals surface area contributed by atoms with Crippen molar-refractivity contribution in [1.29, 1.82) is 0 Å². The van der Waals surface area contributed by atoms with Gasteiger partial charge in [-0.25, -0.2) is 0 Å². The number of nitrogens with zero attached hydrogens (tertiary/aromatic N) is 2. The SMILES string of the molecule is CSc1nnc(SCC(N)c2ccc(C(C)(C)C)cc2)s1. The molecule has 0 bridgehead atoms. The van der Waals surface area contributed by atoms with Crippen LogP contribution in [0.4, 0.5) is 0 Å². The minimum absolute atomic E-state index is 0.0191. The third kappa shape index (κ3) is 4.71. The Morgan fingerprint density at radius 1 is 1.14 bits per heavy atom. The number of benzene rings is 1. The Balaban J connectivity index is 1.95. The molecular formula is C15H21N3S3. The summed E-state index contributed by atoms with van der Waals surface area (Å²) in [7, 11) is 0. The Bertz CT molecular complexity index is 573. The summed E-state index contributed by atoms with van der Waals surface area (Å²) >= 11 is 4.92. The van der Waals surface area contributed by atoms with Crippen molar-refractivity contribution in [3.05, 3.63) is 35.4 Å². The minimum Gasteiger partial charge on any atom is -0.323 e. The van der Waals surface area contributed by atoms with Crippen molar-refractivity contribution in [2.45, 2.75) is 40.9 Å². The van der Waals surface area contributed by atoms with E-state index in [0.29, 0.717) is 0 Å². The van der Waals surface area contributed by atoms with Gasteiger partial charge in [0, 0.05) is 11.8 Å². The van der Waals surface area contributed by atoms with E-state index in [-0.39, 0.29) is 11.5 Å². The lowest BCUT2D eigenvalue weighted by Gasteiger charge is -2.20. The summed E-state index contributed by atoms with van der Waals surface area (Å²) in [6, 6.07) is 8.65. The Labute approximate surface area is 139 Å². The summed E-state index contributed by atoms with van der Waals surface area (Å²) in [5.41, 5.74) is 8.95. The fraction of sp³-hybridized carbons (Fsp3) is 0.467. The lowest BCUT2D eigenvalue weighted by Crippen LogP contribution is -2.15. The van der Waals surface area contributed by atoms with Gasteiger partial charge in [0.15, 0.2) is 8.68 Å². The van der Waals surface area contributed by atoms with Gasteiger partial charge >= 0.3 is 0 Å². The van der Waals surface area contributed by atoms with Gasteiger partial charge in [0.1, 0.15) is 0 Å². The Kier molecular flexibility index (Phi) is 5.71. The molecule has 0 radical (unpaired) electrons. The summed E-state index contributed by atoms with van der Waals surface area (Å²) in [5, 5.41) is 8.25. The van der Waals surface area contributed by atoms with Crippen LogP contribution in [0.3, 0.4) is 0 Å². The van der Waals surface area contributed by atoms with Crippen molar-refractivity contribution < 1.29 is 0 Å². The number of hydrogen-bond acceptors (Lipinski definition) is 6. The first-order chi connectivity index (χ1) is 9.90. The maximum atomic E-state index is 6.27. The second-order valence-electron chi connectivity index (χ2n) is 5.83. The van der Waals surface area contributed by atoms with Crippen molar-refractivity contribution in [2.24, 2.45) is 5.73 Å². The minimum atomic E-state index is 0.0191. The van der Waals surface area contributed by atoms with Gasteiger partial charge in [0.05, 0.1) is 0 Å². The van der Waals surface area contributed by atoms with Crippen LogP contribution in [0.2, 0.25) is 0 Å². The molecule has 0 aliphatic rings. The smallest absolute Gasteiger partial charge is 0.175 e. The molecule has 1 atom stereocenters. The molecule has 0 saturated carbocycles. The fourth-order valence-electron chi connectivity index (χ4n) is 1.83. The summed E-state index contributed by atoms with van der Waals surface area (Å²) in [5.74, 6) is 0.817. The van der Waals surface area contributed by atoms with Crippen molar-refractivity contribution >= 4 is 34.9 Å². The van der Waals surface area contributed by atoms with Gasteiger partial charge in [-0.3, -0.25) is 0 Å². The molecule has 1 aromatic heterocycles. The average Bonchev–Trinajstić information content (AvgIpc) is 2.92. The first kappa shape index (κ1) is 16.8. The molecule has 0 spiro atoms. The van der Waals surface area contributed by atoms with Crippen LogP contribution in [0.1, 0.15) is 37.9 Å². The first-order valence-corrected chi connectivity index (χ1v) is 9.79. The van der Waals surface area contributed by atoms with Gasteiger partial charge in [-0.15, -0.1) is 10.2 Å². The highest BCUT2D eigenvalue weighted by molar-refractivity contribution is 8.02. The monoisotopic (exact) mass is 339 g/mol. The first-order valence-electron chi connectivity index (χ1n) is 6.76. The van der Waals surface area contributed by atoms with Crippen molar-refractivity contribution in [3.63, 3.8) is 0 Å². The van der Waals surface area contributed by atoms with Gasteiger partial charge in [-0.2, -0.15) is 0 Å². The molecule has 0 amide bonds. The maximum absolute atomic E-state index is 6.27. The molecule has 21 heavy (non-hydrogen) atoms. The van der Waals surface area contributed by atoms with Gasteiger partial charge in [-0.05, 0) is 22.8 Å². The summed E-state index contributed by atoms with van der Waals surface area (Å²) < 4.78 is 1.99. The zero-order valence-corrected chi connectivity index (χ0v) is 15.2. The van der Waals surface area contributed by atoms with Gasteiger partial charge < -0.3 is 5.73 Å². The van der Waals surface area contributed by atoms with Crippen LogP contribution in [0.25, 0.3) is 0 Å². The van der Waals surface area contributed by atoms with E-state index in [9.17, 15) is 0 Å². The predicted molar refractivity (Wildman–Crippen MR) is 94.5 cm³/mol. The third-order valence-corrected chi connectivity index (χ3v) is 6.31. The molecule has 0 saturated heterocycles. The van der Waals surface area contributed by atoms with Crippen LogP contribution in [-0.4, -0.2) is 22.2 Å². The molecule has 0 aliphatic heterocycles. The second-order valence-corrected chi connectivity index (χ2v) is 9.13. The lowest BCUT2D eigenvalue weighted by atomic mass is 9.86. The molecule has 0 fully saturated rings. The van der Waals surface area contributed by atoms with E-state index in [1.165, 1.54) is 11.1 Å². The fourth-order valence-corrected chi connectivity index (χ4v) is 4.28. The second kappa shape index (κ2) is 7.13. The van der Waals surface area contributed by atoms with E-state index in [0.717, 1.165) is 14.4 Å². The van der Waals surface area contributed by atoms with Crippen LogP contribution in [0.15, 0.2) is 32.9 Å².